The Morgan fingerprint density at radius 2 is 2.20 bits per heavy atom. The molecule has 3 aromatic rings. The molecule has 3 aromatic heterocycles. The highest BCUT2D eigenvalue weighted by atomic mass is 16.5. The van der Waals surface area contributed by atoms with E-state index in [1.54, 1.807) is 20.2 Å². The van der Waals surface area contributed by atoms with Gasteiger partial charge in [0, 0.05) is 20.0 Å². The summed E-state index contributed by atoms with van der Waals surface area (Å²) in [4.78, 5) is 12.8. The number of fused-ring (bicyclic) bond motifs is 1. The van der Waals surface area contributed by atoms with Gasteiger partial charge in [0.2, 0.25) is 11.8 Å². The van der Waals surface area contributed by atoms with E-state index in [-0.39, 0.29) is 0 Å². The molecule has 0 aliphatic heterocycles. The predicted molar refractivity (Wildman–Crippen MR) is 72.5 cm³/mol. The Kier molecular flexibility index (Phi) is 3.15. The van der Waals surface area contributed by atoms with Gasteiger partial charge in [-0.2, -0.15) is 20.1 Å². The zero-order valence-electron chi connectivity index (χ0n) is 11.1. The molecule has 0 aliphatic carbocycles. The molecule has 0 spiro atoms. The van der Waals surface area contributed by atoms with Crippen molar-refractivity contribution < 1.29 is 4.52 Å². The molecule has 0 aliphatic rings. The maximum absolute atomic E-state index is 5.05. The first kappa shape index (κ1) is 12.3. The number of hydrogen-bond donors (Lipinski definition) is 3. The highest BCUT2D eigenvalue weighted by Crippen LogP contribution is 2.19. The van der Waals surface area contributed by atoms with Crippen molar-refractivity contribution in [1.29, 1.82) is 0 Å². The zero-order valence-corrected chi connectivity index (χ0v) is 11.1. The molecule has 3 N–H and O–H groups in total. The Bertz CT molecular complexity index is 718. The summed E-state index contributed by atoms with van der Waals surface area (Å²) in [6.07, 6.45) is 2.31. The lowest BCUT2D eigenvalue weighted by Crippen LogP contribution is -2.08. The number of aromatic nitrogens is 6. The minimum Gasteiger partial charge on any atom is -0.369 e. The first-order valence-electron chi connectivity index (χ1n) is 6.18. The fourth-order valence-electron chi connectivity index (χ4n) is 1.81. The lowest BCUT2D eigenvalue weighted by molar-refractivity contribution is 0.377. The van der Waals surface area contributed by atoms with E-state index < -0.39 is 0 Å². The van der Waals surface area contributed by atoms with Gasteiger partial charge in [-0.15, -0.1) is 0 Å². The SMILES string of the molecule is CNc1nc(NCCc2nc(C)no2)c2cn[nH]c2n1. The van der Waals surface area contributed by atoms with Gasteiger partial charge in [0.1, 0.15) is 5.82 Å². The normalized spacial score (nSPS) is 10.9. The maximum atomic E-state index is 5.05. The van der Waals surface area contributed by atoms with Crippen molar-refractivity contribution in [2.45, 2.75) is 13.3 Å². The van der Waals surface area contributed by atoms with Crippen LogP contribution in [-0.2, 0) is 6.42 Å². The van der Waals surface area contributed by atoms with Crippen LogP contribution in [0.3, 0.4) is 0 Å². The van der Waals surface area contributed by atoms with Gasteiger partial charge in [-0.1, -0.05) is 5.16 Å². The molecule has 0 unspecified atom stereocenters. The average molecular weight is 274 g/mol. The molecule has 0 bridgehead atoms. The molecule has 0 fully saturated rings. The van der Waals surface area contributed by atoms with Crippen molar-refractivity contribution in [2.24, 2.45) is 0 Å². The molecule has 104 valence electrons. The molecule has 0 saturated heterocycles. The number of nitrogens with zero attached hydrogens (tertiary/aromatic N) is 5. The van der Waals surface area contributed by atoms with Crippen molar-refractivity contribution in [3.05, 3.63) is 17.9 Å². The summed E-state index contributed by atoms with van der Waals surface area (Å²) in [6, 6.07) is 0. The van der Waals surface area contributed by atoms with Crippen LogP contribution in [-0.4, -0.2) is 43.9 Å². The monoisotopic (exact) mass is 274 g/mol. The van der Waals surface area contributed by atoms with E-state index >= 15 is 0 Å². The number of hydrogen-bond acceptors (Lipinski definition) is 8. The largest absolute Gasteiger partial charge is 0.369 e. The second-order valence-electron chi connectivity index (χ2n) is 4.19. The summed E-state index contributed by atoms with van der Waals surface area (Å²) < 4.78 is 5.05. The third kappa shape index (κ3) is 2.37. The number of anilines is 2. The van der Waals surface area contributed by atoms with E-state index in [1.807, 2.05) is 0 Å². The fourth-order valence-corrected chi connectivity index (χ4v) is 1.81. The van der Waals surface area contributed by atoms with Gasteiger partial charge >= 0.3 is 0 Å². The highest BCUT2D eigenvalue weighted by molar-refractivity contribution is 5.86. The zero-order chi connectivity index (χ0) is 13.9. The van der Waals surface area contributed by atoms with Crippen molar-refractivity contribution in [2.75, 3.05) is 24.2 Å². The van der Waals surface area contributed by atoms with Crippen molar-refractivity contribution in [3.8, 4) is 0 Å². The van der Waals surface area contributed by atoms with Gasteiger partial charge in [-0.3, -0.25) is 5.10 Å². The molecule has 0 amide bonds. The predicted octanol–water partition coefficient (Wildman–Crippen LogP) is 0.741. The molecular formula is C11H14N8O. The Hall–Kier alpha value is -2.71. The maximum Gasteiger partial charge on any atom is 0.228 e. The summed E-state index contributed by atoms with van der Waals surface area (Å²) in [7, 11) is 1.77. The molecule has 20 heavy (non-hydrogen) atoms. The number of H-pyrrole nitrogens is 1. The van der Waals surface area contributed by atoms with Gasteiger partial charge < -0.3 is 15.2 Å². The Balaban J connectivity index is 1.74. The molecule has 9 nitrogen and oxygen atoms in total. The summed E-state index contributed by atoms with van der Waals surface area (Å²) in [5.41, 5.74) is 0.681. The second-order valence-corrected chi connectivity index (χ2v) is 4.19. The average Bonchev–Trinajstić information content (AvgIpc) is 3.07. The first-order valence-corrected chi connectivity index (χ1v) is 6.18. The Labute approximate surface area is 114 Å². The van der Waals surface area contributed by atoms with E-state index in [2.05, 4.69) is 40.9 Å². The molecule has 9 heteroatoms. The lowest BCUT2D eigenvalue weighted by Gasteiger charge is -2.06. The van der Waals surface area contributed by atoms with Crippen LogP contribution in [0.25, 0.3) is 11.0 Å². The van der Waals surface area contributed by atoms with Crippen LogP contribution in [0.4, 0.5) is 11.8 Å². The van der Waals surface area contributed by atoms with Crippen LogP contribution in [0, 0.1) is 6.92 Å². The highest BCUT2D eigenvalue weighted by Gasteiger charge is 2.09. The minimum absolute atomic E-state index is 0.526. The van der Waals surface area contributed by atoms with Crippen molar-refractivity contribution in [3.63, 3.8) is 0 Å². The van der Waals surface area contributed by atoms with Gasteiger partial charge in [0.25, 0.3) is 0 Å². The second kappa shape index (κ2) is 5.11. The molecule has 0 atom stereocenters. The summed E-state index contributed by atoms with van der Waals surface area (Å²) in [5, 5.41) is 17.5. The standard InChI is InChI=1S/C11H14N8O/c1-6-15-8(20-19-6)3-4-13-9-7-5-14-18-10(7)17-11(12-2)16-9/h5H,3-4H2,1-2H3,(H3,12,13,14,16,17,18). The first-order chi connectivity index (χ1) is 9.76. The third-order valence-electron chi connectivity index (χ3n) is 2.73. The molecule has 0 radical (unpaired) electrons. The summed E-state index contributed by atoms with van der Waals surface area (Å²) in [6.45, 7) is 2.42. The van der Waals surface area contributed by atoms with Crippen LogP contribution in [0.15, 0.2) is 10.7 Å². The van der Waals surface area contributed by atoms with Crippen LogP contribution < -0.4 is 10.6 Å². The molecule has 0 aromatic carbocycles. The number of nitrogens with one attached hydrogen (secondary N) is 3. The molecule has 3 heterocycles. The minimum atomic E-state index is 0.526. The van der Waals surface area contributed by atoms with Crippen molar-refractivity contribution in [1.82, 2.24) is 30.3 Å². The van der Waals surface area contributed by atoms with E-state index in [0.29, 0.717) is 42.1 Å². The lowest BCUT2D eigenvalue weighted by atomic mass is 10.3. The molecular weight excluding hydrogens is 260 g/mol. The Morgan fingerprint density at radius 1 is 1.30 bits per heavy atom. The van der Waals surface area contributed by atoms with E-state index in [0.717, 1.165) is 5.39 Å². The third-order valence-corrected chi connectivity index (χ3v) is 2.73. The van der Waals surface area contributed by atoms with Crippen molar-refractivity contribution >= 4 is 22.8 Å². The number of aromatic amines is 1. The number of rotatable bonds is 5. The fraction of sp³-hybridized carbons (Fsp3) is 0.364. The molecule has 0 saturated carbocycles. The van der Waals surface area contributed by atoms with E-state index in [9.17, 15) is 0 Å². The Morgan fingerprint density at radius 3 is 2.95 bits per heavy atom. The van der Waals surface area contributed by atoms with Crippen LogP contribution in [0.5, 0.6) is 0 Å². The smallest absolute Gasteiger partial charge is 0.228 e. The van der Waals surface area contributed by atoms with Crippen LogP contribution in [0.2, 0.25) is 0 Å². The number of aryl methyl sites for hydroxylation is 1. The van der Waals surface area contributed by atoms with Gasteiger partial charge in [-0.25, -0.2) is 0 Å². The van der Waals surface area contributed by atoms with Gasteiger partial charge in [-0.05, 0) is 6.92 Å². The summed E-state index contributed by atoms with van der Waals surface area (Å²) >= 11 is 0. The van der Waals surface area contributed by atoms with Gasteiger partial charge in [0.05, 0.1) is 11.6 Å². The topological polar surface area (TPSA) is 117 Å². The summed E-state index contributed by atoms with van der Waals surface area (Å²) in [5.74, 6) is 2.47. The van der Waals surface area contributed by atoms with Gasteiger partial charge in [0.15, 0.2) is 11.5 Å². The van der Waals surface area contributed by atoms with E-state index in [1.165, 1.54) is 0 Å². The molecule has 3 rings (SSSR count). The quantitative estimate of drug-likeness (QED) is 0.623. The van der Waals surface area contributed by atoms with Crippen LogP contribution in [0.1, 0.15) is 11.7 Å². The van der Waals surface area contributed by atoms with Crippen LogP contribution >= 0.6 is 0 Å². The van der Waals surface area contributed by atoms with E-state index in [4.69, 9.17) is 4.52 Å².